The lowest BCUT2D eigenvalue weighted by molar-refractivity contribution is 0.0942. The van der Waals surface area contributed by atoms with Crippen LogP contribution in [0.25, 0.3) is 0 Å². The van der Waals surface area contributed by atoms with Crippen LogP contribution in [0.15, 0.2) is 18.2 Å². The van der Waals surface area contributed by atoms with Gasteiger partial charge in [-0.2, -0.15) is 0 Å². The second-order valence-corrected chi connectivity index (χ2v) is 3.60. The van der Waals surface area contributed by atoms with Crippen molar-refractivity contribution in [3.63, 3.8) is 0 Å². The highest BCUT2D eigenvalue weighted by Crippen LogP contribution is 2.17. The highest BCUT2D eigenvalue weighted by Gasteiger charge is 2.03. The minimum atomic E-state index is -0.753. The third kappa shape index (κ3) is 3.87. The maximum atomic E-state index is 9.51. The number of rotatable bonds is 5. The molecule has 0 spiro atoms. The van der Waals surface area contributed by atoms with Gasteiger partial charge in [-0.1, -0.05) is 17.7 Å². The average Bonchev–Trinajstić information content (AvgIpc) is 2.23. The molecule has 0 heterocycles. The molecule has 1 aromatic carbocycles. The maximum absolute atomic E-state index is 9.51. The predicted molar refractivity (Wildman–Crippen MR) is 57.6 cm³/mol. The third-order valence-corrected chi connectivity index (χ3v) is 2.14. The van der Waals surface area contributed by atoms with E-state index in [1.165, 1.54) is 0 Å². The van der Waals surface area contributed by atoms with Gasteiger partial charge in [0, 0.05) is 18.7 Å². The maximum Gasteiger partial charge on any atom is 0.120 e. The lowest BCUT2D eigenvalue weighted by atomic mass is 10.1. The summed E-state index contributed by atoms with van der Waals surface area (Å²) in [4.78, 5) is 0. The van der Waals surface area contributed by atoms with Gasteiger partial charge in [-0.3, -0.25) is 0 Å². The van der Waals surface area contributed by atoms with E-state index >= 15 is 0 Å². The molecular formula is C11H17NO3. The normalized spacial score (nSPS) is 12.7. The van der Waals surface area contributed by atoms with Crippen LogP contribution in [0.3, 0.4) is 0 Å². The second kappa shape index (κ2) is 5.70. The number of phenols is 1. The van der Waals surface area contributed by atoms with E-state index in [1.54, 1.807) is 6.07 Å². The number of aryl methyl sites for hydroxylation is 1. The average molecular weight is 211 g/mol. The molecule has 1 rings (SSSR count). The highest BCUT2D eigenvalue weighted by molar-refractivity contribution is 5.35. The molecule has 1 atom stereocenters. The molecule has 0 saturated carbocycles. The van der Waals surface area contributed by atoms with Crippen molar-refractivity contribution in [3.05, 3.63) is 29.3 Å². The van der Waals surface area contributed by atoms with Gasteiger partial charge in [0.1, 0.15) is 5.75 Å². The molecule has 0 aliphatic rings. The van der Waals surface area contributed by atoms with Crippen LogP contribution in [0, 0.1) is 6.92 Å². The van der Waals surface area contributed by atoms with Gasteiger partial charge >= 0.3 is 0 Å². The molecule has 84 valence electrons. The van der Waals surface area contributed by atoms with E-state index in [0.29, 0.717) is 13.1 Å². The summed E-state index contributed by atoms with van der Waals surface area (Å²) in [7, 11) is 0. The van der Waals surface area contributed by atoms with Gasteiger partial charge in [0.15, 0.2) is 0 Å². The summed E-state index contributed by atoms with van der Waals surface area (Å²) < 4.78 is 0. The Morgan fingerprint density at radius 2 is 2.13 bits per heavy atom. The molecule has 0 fully saturated rings. The third-order valence-electron chi connectivity index (χ3n) is 2.14. The number of phenolic OH excluding ortho intramolecular Hbond substituents is 1. The van der Waals surface area contributed by atoms with Gasteiger partial charge < -0.3 is 20.6 Å². The molecule has 0 saturated heterocycles. The van der Waals surface area contributed by atoms with E-state index in [-0.39, 0.29) is 12.4 Å². The van der Waals surface area contributed by atoms with Crippen molar-refractivity contribution >= 4 is 0 Å². The molecule has 4 heteroatoms. The Kier molecular flexibility index (Phi) is 4.55. The molecule has 15 heavy (non-hydrogen) atoms. The minimum absolute atomic E-state index is 0.242. The Balaban J connectivity index is 2.46. The predicted octanol–water partition coefficient (Wildman–Crippen LogP) is 0.143. The van der Waals surface area contributed by atoms with Crippen LogP contribution in [0.4, 0.5) is 0 Å². The largest absolute Gasteiger partial charge is 0.508 e. The van der Waals surface area contributed by atoms with Gasteiger partial charge in [-0.15, -0.1) is 0 Å². The standard InChI is InChI=1S/C11H17NO3/c1-8-2-3-11(15)9(4-8)5-12-6-10(14)7-13/h2-4,10,12-15H,5-7H2,1H3. The first-order valence-electron chi connectivity index (χ1n) is 4.91. The zero-order chi connectivity index (χ0) is 11.3. The molecule has 1 aromatic rings. The van der Waals surface area contributed by atoms with Crippen LogP contribution < -0.4 is 5.32 Å². The number of aromatic hydroxyl groups is 1. The van der Waals surface area contributed by atoms with Crippen molar-refractivity contribution < 1.29 is 15.3 Å². The number of aliphatic hydroxyl groups excluding tert-OH is 2. The highest BCUT2D eigenvalue weighted by atomic mass is 16.3. The van der Waals surface area contributed by atoms with Crippen LogP contribution >= 0.6 is 0 Å². The van der Waals surface area contributed by atoms with E-state index in [2.05, 4.69) is 5.32 Å². The first-order chi connectivity index (χ1) is 7.13. The van der Waals surface area contributed by atoms with Gasteiger partial charge in [0.25, 0.3) is 0 Å². The lowest BCUT2D eigenvalue weighted by Gasteiger charge is -2.10. The van der Waals surface area contributed by atoms with E-state index in [4.69, 9.17) is 10.2 Å². The zero-order valence-electron chi connectivity index (χ0n) is 8.77. The Morgan fingerprint density at radius 3 is 2.80 bits per heavy atom. The van der Waals surface area contributed by atoms with Crippen LogP contribution in [-0.2, 0) is 6.54 Å². The fraction of sp³-hybridized carbons (Fsp3) is 0.455. The molecular weight excluding hydrogens is 194 g/mol. The van der Waals surface area contributed by atoms with Crippen molar-refractivity contribution in [3.8, 4) is 5.75 Å². The molecule has 0 aliphatic carbocycles. The number of hydrogen-bond acceptors (Lipinski definition) is 4. The van der Waals surface area contributed by atoms with Crippen molar-refractivity contribution in [1.82, 2.24) is 5.32 Å². The monoisotopic (exact) mass is 211 g/mol. The van der Waals surface area contributed by atoms with Crippen molar-refractivity contribution in [2.24, 2.45) is 0 Å². The number of hydrogen-bond donors (Lipinski definition) is 4. The zero-order valence-corrected chi connectivity index (χ0v) is 8.77. The number of benzene rings is 1. The molecule has 0 aliphatic heterocycles. The summed E-state index contributed by atoms with van der Waals surface area (Å²) in [5.74, 6) is 0.242. The van der Waals surface area contributed by atoms with Crippen molar-refractivity contribution in [1.29, 1.82) is 0 Å². The first kappa shape index (κ1) is 12.0. The molecule has 1 unspecified atom stereocenters. The quantitative estimate of drug-likeness (QED) is 0.559. The van der Waals surface area contributed by atoms with Crippen LogP contribution in [0.1, 0.15) is 11.1 Å². The van der Waals surface area contributed by atoms with Crippen molar-refractivity contribution in [2.75, 3.05) is 13.2 Å². The van der Waals surface area contributed by atoms with Gasteiger partial charge in [-0.05, 0) is 13.0 Å². The molecule has 0 amide bonds. The fourth-order valence-electron chi connectivity index (χ4n) is 1.29. The Bertz CT molecular complexity index is 315. The Hall–Kier alpha value is -1.10. The Labute approximate surface area is 89.2 Å². The summed E-state index contributed by atoms with van der Waals surface area (Å²) in [6, 6.07) is 5.36. The van der Waals surface area contributed by atoms with Crippen molar-refractivity contribution in [2.45, 2.75) is 19.6 Å². The first-order valence-corrected chi connectivity index (χ1v) is 4.91. The summed E-state index contributed by atoms with van der Waals surface area (Å²) in [6.07, 6.45) is -0.753. The smallest absolute Gasteiger partial charge is 0.120 e. The SMILES string of the molecule is Cc1ccc(O)c(CNCC(O)CO)c1. The minimum Gasteiger partial charge on any atom is -0.508 e. The summed E-state index contributed by atoms with van der Waals surface area (Å²) in [5.41, 5.74) is 1.87. The summed E-state index contributed by atoms with van der Waals surface area (Å²) in [5, 5.41) is 30.1. The van der Waals surface area contributed by atoms with E-state index < -0.39 is 6.10 Å². The van der Waals surface area contributed by atoms with E-state index in [9.17, 15) is 5.11 Å². The molecule has 4 N–H and O–H groups in total. The van der Waals surface area contributed by atoms with E-state index in [0.717, 1.165) is 11.1 Å². The molecule has 0 aromatic heterocycles. The second-order valence-electron chi connectivity index (χ2n) is 3.60. The molecule has 0 radical (unpaired) electrons. The van der Waals surface area contributed by atoms with E-state index in [1.807, 2.05) is 19.1 Å². The van der Waals surface area contributed by atoms with Crippen LogP contribution in [0.2, 0.25) is 0 Å². The topological polar surface area (TPSA) is 72.7 Å². The fourth-order valence-corrected chi connectivity index (χ4v) is 1.29. The summed E-state index contributed by atoms with van der Waals surface area (Å²) in [6.45, 7) is 2.48. The van der Waals surface area contributed by atoms with Gasteiger partial charge in [0.05, 0.1) is 12.7 Å². The number of aliphatic hydroxyl groups is 2. The molecule has 0 bridgehead atoms. The van der Waals surface area contributed by atoms with Crippen LogP contribution in [-0.4, -0.2) is 34.6 Å². The number of nitrogens with one attached hydrogen (secondary N) is 1. The lowest BCUT2D eigenvalue weighted by Crippen LogP contribution is -2.28. The Morgan fingerprint density at radius 1 is 1.40 bits per heavy atom. The molecule has 4 nitrogen and oxygen atoms in total. The van der Waals surface area contributed by atoms with Gasteiger partial charge in [0.2, 0.25) is 0 Å². The van der Waals surface area contributed by atoms with Crippen LogP contribution in [0.5, 0.6) is 5.75 Å². The van der Waals surface area contributed by atoms with Gasteiger partial charge in [-0.25, -0.2) is 0 Å². The summed E-state index contributed by atoms with van der Waals surface area (Å²) >= 11 is 0.